The van der Waals surface area contributed by atoms with Crippen LogP contribution in [0.5, 0.6) is 0 Å². The zero-order chi connectivity index (χ0) is 42.4. The Balaban J connectivity index is 4.68. The molecule has 3 unspecified atom stereocenters. The molecule has 0 spiro atoms. The molecule has 58 heavy (non-hydrogen) atoms. The Bertz CT molecular complexity index is 1050. The maximum absolute atomic E-state index is 13.1. The van der Waals surface area contributed by atoms with Gasteiger partial charge >= 0.3 is 5.97 Å². The van der Waals surface area contributed by atoms with Gasteiger partial charge in [-0.2, -0.15) is 0 Å². The number of unbranched alkanes of at least 4 members (excludes halogenated alkanes) is 24. The molecule has 0 aromatic rings. The summed E-state index contributed by atoms with van der Waals surface area (Å²) in [5.41, 5.74) is 0. The molecule has 0 heterocycles. The number of nitrogens with one attached hydrogen (secondary N) is 1. The van der Waals surface area contributed by atoms with Crippen LogP contribution in [0.2, 0.25) is 0 Å². The van der Waals surface area contributed by atoms with Crippen molar-refractivity contribution in [1.82, 2.24) is 5.32 Å². The lowest BCUT2D eigenvalue weighted by molar-refractivity contribution is -0.151. The first kappa shape index (κ1) is 55.6. The summed E-state index contributed by atoms with van der Waals surface area (Å²) in [6.07, 6.45) is 55.7. The number of hydrogen-bond donors (Lipinski definition) is 3. The molecule has 0 aromatic carbocycles. The Morgan fingerprint density at radius 1 is 0.517 bits per heavy atom. The van der Waals surface area contributed by atoms with Gasteiger partial charge in [0.25, 0.3) is 0 Å². The fourth-order valence-corrected chi connectivity index (χ4v) is 7.19. The standard InChI is InChI=1S/C52H93NO5/c1-4-7-10-13-16-19-22-24-26-28-30-33-36-39-42-45-52(57)58-48(43-40-37-34-31-29-27-25-23-20-17-14-11-8-5-2)46-51(56)53-49(47-54)50(55)44-41-38-35-32-21-18-15-12-9-6-3/h7,10,13,16,19,22,27,29,31,34,48-50,54-55H,4-6,8-9,11-12,14-15,17-18,20-21,23-26,28,30,32-33,35-47H2,1-3H3,(H,53,56)/b10-7+,16-13+,22-19+,29-27+,34-31+. The van der Waals surface area contributed by atoms with Crippen molar-refractivity contribution in [2.24, 2.45) is 0 Å². The van der Waals surface area contributed by atoms with Crippen LogP contribution in [0.4, 0.5) is 0 Å². The van der Waals surface area contributed by atoms with E-state index >= 15 is 0 Å². The number of carbonyl (C=O) groups excluding carboxylic acids is 2. The van der Waals surface area contributed by atoms with Gasteiger partial charge in [-0.25, -0.2) is 0 Å². The highest BCUT2D eigenvalue weighted by Gasteiger charge is 2.24. The molecule has 6 nitrogen and oxygen atoms in total. The number of aliphatic hydroxyl groups excluding tert-OH is 2. The minimum absolute atomic E-state index is 0.0384. The van der Waals surface area contributed by atoms with Gasteiger partial charge in [0, 0.05) is 6.42 Å². The van der Waals surface area contributed by atoms with E-state index < -0.39 is 18.2 Å². The van der Waals surface area contributed by atoms with Crippen molar-refractivity contribution >= 4 is 11.9 Å². The molecule has 0 aliphatic rings. The van der Waals surface area contributed by atoms with Crippen LogP contribution in [0.15, 0.2) is 60.8 Å². The van der Waals surface area contributed by atoms with E-state index in [9.17, 15) is 19.8 Å². The van der Waals surface area contributed by atoms with Gasteiger partial charge in [0.1, 0.15) is 6.10 Å². The maximum Gasteiger partial charge on any atom is 0.306 e. The van der Waals surface area contributed by atoms with E-state index in [4.69, 9.17) is 4.74 Å². The van der Waals surface area contributed by atoms with E-state index in [-0.39, 0.29) is 24.9 Å². The number of aliphatic hydroxyl groups is 2. The summed E-state index contributed by atoms with van der Waals surface area (Å²) in [5.74, 6) is -0.536. The molecule has 0 radical (unpaired) electrons. The predicted octanol–water partition coefficient (Wildman–Crippen LogP) is 14.5. The molecule has 6 heteroatoms. The summed E-state index contributed by atoms with van der Waals surface area (Å²) in [4.78, 5) is 26.1. The van der Waals surface area contributed by atoms with Crippen LogP contribution in [0.25, 0.3) is 0 Å². The Labute approximate surface area is 358 Å². The number of esters is 1. The first-order valence-corrected chi connectivity index (χ1v) is 24.6. The SMILES string of the molecule is CC/C=C/C=C/C=C/CCCCCCCCCC(=O)OC(CCC/C=C/C=C/CCCCCCCCC)CC(=O)NC(CO)C(O)CCCCCCCCCCCC. The Morgan fingerprint density at radius 2 is 0.948 bits per heavy atom. The molecule has 3 N–H and O–H groups in total. The molecule has 0 aliphatic carbocycles. The van der Waals surface area contributed by atoms with Crippen molar-refractivity contribution in [3.05, 3.63) is 60.8 Å². The predicted molar refractivity (Wildman–Crippen MR) is 250 cm³/mol. The largest absolute Gasteiger partial charge is 0.462 e. The Kier molecular flexibility index (Phi) is 43.7. The fraction of sp³-hybridized carbons (Fsp3) is 0.769. The Morgan fingerprint density at radius 3 is 1.45 bits per heavy atom. The normalized spacial score (nSPS) is 13.8. The second-order valence-corrected chi connectivity index (χ2v) is 16.6. The number of allylic oxidation sites excluding steroid dienone is 10. The average Bonchev–Trinajstić information content (AvgIpc) is 3.22. The van der Waals surface area contributed by atoms with Crippen molar-refractivity contribution in [3.63, 3.8) is 0 Å². The van der Waals surface area contributed by atoms with Gasteiger partial charge < -0.3 is 20.3 Å². The minimum Gasteiger partial charge on any atom is -0.462 e. The summed E-state index contributed by atoms with van der Waals surface area (Å²) in [5, 5.41) is 23.6. The summed E-state index contributed by atoms with van der Waals surface area (Å²) in [6.45, 7) is 6.31. The van der Waals surface area contributed by atoms with E-state index in [0.717, 1.165) is 70.6 Å². The molecule has 0 fully saturated rings. The third-order valence-electron chi connectivity index (χ3n) is 10.9. The van der Waals surface area contributed by atoms with E-state index in [1.54, 1.807) is 0 Å². The second-order valence-electron chi connectivity index (χ2n) is 16.6. The smallest absolute Gasteiger partial charge is 0.306 e. The number of amides is 1. The van der Waals surface area contributed by atoms with E-state index in [1.807, 2.05) is 0 Å². The molecular weight excluding hydrogens is 719 g/mol. The molecule has 0 bridgehead atoms. The fourth-order valence-electron chi connectivity index (χ4n) is 7.19. The van der Waals surface area contributed by atoms with Crippen molar-refractivity contribution in [2.45, 2.75) is 251 Å². The molecule has 0 rings (SSSR count). The third kappa shape index (κ3) is 40.3. The van der Waals surface area contributed by atoms with Gasteiger partial charge in [0.15, 0.2) is 0 Å². The summed E-state index contributed by atoms with van der Waals surface area (Å²) >= 11 is 0. The van der Waals surface area contributed by atoms with Crippen molar-refractivity contribution < 1.29 is 24.5 Å². The van der Waals surface area contributed by atoms with Crippen LogP contribution in [0.3, 0.4) is 0 Å². The van der Waals surface area contributed by atoms with Crippen LogP contribution in [-0.4, -0.2) is 46.9 Å². The maximum atomic E-state index is 13.1. The monoisotopic (exact) mass is 812 g/mol. The van der Waals surface area contributed by atoms with Gasteiger partial charge in [-0.3, -0.25) is 9.59 Å². The van der Waals surface area contributed by atoms with Gasteiger partial charge in [-0.1, -0.05) is 216 Å². The molecule has 0 saturated heterocycles. The van der Waals surface area contributed by atoms with E-state index in [1.165, 1.54) is 116 Å². The summed E-state index contributed by atoms with van der Waals surface area (Å²) in [6, 6.07) is -0.718. The molecule has 3 atom stereocenters. The van der Waals surface area contributed by atoms with E-state index in [2.05, 4.69) is 86.8 Å². The molecule has 0 aromatic heterocycles. The van der Waals surface area contributed by atoms with Crippen molar-refractivity contribution in [1.29, 1.82) is 0 Å². The molecule has 336 valence electrons. The topological polar surface area (TPSA) is 95.9 Å². The van der Waals surface area contributed by atoms with Gasteiger partial charge in [0.2, 0.25) is 5.91 Å². The highest BCUT2D eigenvalue weighted by atomic mass is 16.5. The number of rotatable bonds is 43. The Hall–Kier alpha value is -2.44. The highest BCUT2D eigenvalue weighted by molar-refractivity contribution is 5.77. The van der Waals surface area contributed by atoms with Crippen LogP contribution < -0.4 is 5.32 Å². The lowest BCUT2D eigenvalue weighted by Crippen LogP contribution is -2.46. The quantitative estimate of drug-likeness (QED) is 0.0324. The molecule has 1 amide bonds. The third-order valence-corrected chi connectivity index (χ3v) is 10.9. The van der Waals surface area contributed by atoms with Crippen LogP contribution in [0, 0.1) is 0 Å². The second kappa shape index (κ2) is 45.6. The first-order chi connectivity index (χ1) is 28.5. The first-order valence-electron chi connectivity index (χ1n) is 24.6. The number of hydrogen-bond acceptors (Lipinski definition) is 5. The van der Waals surface area contributed by atoms with Crippen molar-refractivity contribution in [2.75, 3.05) is 6.61 Å². The summed E-state index contributed by atoms with van der Waals surface area (Å²) < 4.78 is 5.89. The molecule has 0 aliphatic heterocycles. The summed E-state index contributed by atoms with van der Waals surface area (Å²) in [7, 11) is 0. The van der Waals surface area contributed by atoms with Crippen LogP contribution in [0.1, 0.15) is 233 Å². The number of ether oxygens (including phenoxy) is 1. The molecular formula is C52H93NO5. The average molecular weight is 812 g/mol. The number of carbonyl (C=O) groups is 2. The van der Waals surface area contributed by atoms with Gasteiger partial charge in [0.05, 0.1) is 25.2 Å². The zero-order valence-corrected chi connectivity index (χ0v) is 38.2. The van der Waals surface area contributed by atoms with Crippen molar-refractivity contribution in [3.8, 4) is 0 Å². The lowest BCUT2D eigenvalue weighted by Gasteiger charge is -2.24. The molecule has 0 saturated carbocycles. The zero-order valence-electron chi connectivity index (χ0n) is 38.2. The highest BCUT2D eigenvalue weighted by Crippen LogP contribution is 2.17. The van der Waals surface area contributed by atoms with Gasteiger partial charge in [-0.15, -0.1) is 0 Å². The van der Waals surface area contributed by atoms with Crippen LogP contribution in [-0.2, 0) is 14.3 Å². The van der Waals surface area contributed by atoms with Crippen LogP contribution >= 0.6 is 0 Å². The minimum atomic E-state index is -0.801. The van der Waals surface area contributed by atoms with Gasteiger partial charge in [-0.05, 0) is 64.2 Å². The van der Waals surface area contributed by atoms with E-state index in [0.29, 0.717) is 19.3 Å². The lowest BCUT2D eigenvalue weighted by atomic mass is 10.0.